The number of nitrogens with zero attached hydrogens (tertiary/aromatic N) is 3. The molecule has 0 saturated carbocycles. The topological polar surface area (TPSA) is 71.8 Å². The molecule has 1 aromatic heterocycles. The summed E-state index contributed by atoms with van der Waals surface area (Å²) in [6.07, 6.45) is 7.62. The van der Waals surface area contributed by atoms with Crippen LogP contribution in [0.4, 0.5) is 5.69 Å². The average molecular weight is 285 g/mol. The first-order valence-corrected chi connectivity index (χ1v) is 7.34. The molecule has 3 rings (SSSR count). The normalized spacial score (nSPS) is 19.0. The second-order valence-electron chi connectivity index (χ2n) is 5.21. The number of benzene rings is 1. The molecular formula is C15H19N5O. The third-order valence-electron chi connectivity index (χ3n) is 3.66. The van der Waals surface area contributed by atoms with Crippen molar-refractivity contribution < 1.29 is 4.79 Å². The van der Waals surface area contributed by atoms with Gasteiger partial charge in [-0.05, 0) is 43.7 Å². The van der Waals surface area contributed by atoms with Gasteiger partial charge in [-0.2, -0.15) is 15.0 Å². The zero-order valence-corrected chi connectivity index (χ0v) is 11.8. The van der Waals surface area contributed by atoms with Crippen LogP contribution in [0.2, 0.25) is 0 Å². The van der Waals surface area contributed by atoms with Crippen LogP contribution in [0.1, 0.15) is 25.7 Å². The van der Waals surface area contributed by atoms with Gasteiger partial charge in [0, 0.05) is 5.69 Å². The Morgan fingerprint density at radius 2 is 1.90 bits per heavy atom. The van der Waals surface area contributed by atoms with Gasteiger partial charge in [-0.15, -0.1) is 0 Å². The van der Waals surface area contributed by atoms with Crippen molar-refractivity contribution in [1.29, 1.82) is 0 Å². The molecule has 1 aliphatic heterocycles. The Balaban J connectivity index is 1.63. The molecule has 0 radical (unpaired) electrons. The van der Waals surface area contributed by atoms with Gasteiger partial charge in [0.2, 0.25) is 5.91 Å². The van der Waals surface area contributed by atoms with Crippen LogP contribution in [0.25, 0.3) is 5.69 Å². The number of carbonyl (C=O) groups is 1. The molecule has 1 atom stereocenters. The number of hydrogen-bond acceptors (Lipinski definition) is 4. The van der Waals surface area contributed by atoms with Crippen molar-refractivity contribution in [3.8, 4) is 5.69 Å². The standard InChI is InChI=1S/C15H19N5O/c21-15(14-4-2-1-3-9-16-14)19-12-5-7-13(8-6-12)20-17-10-11-18-20/h5-8,10-11,14,16H,1-4,9H2,(H,19,21). The van der Waals surface area contributed by atoms with Crippen LogP contribution in [0.3, 0.4) is 0 Å². The summed E-state index contributed by atoms with van der Waals surface area (Å²) in [6.45, 7) is 0.919. The molecule has 2 N–H and O–H groups in total. The first-order chi connectivity index (χ1) is 10.3. The Morgan fingerprint density at radius 3 is 2.67 bits per heavy atom. The van der Waals surface area contributed by atoms with Crippen LogP contribution >= 0.6 is 0 Å². The van der Waals surface area contributed by atoms with Gasteiger partial charge in [-0.3, -0.25) is 4.79 Å². The summed E-state index contributed by atoms with van der Waals surface area (Å²) >= 11 is 0. The molecule has 0 bridgehead atoms. The zero-order chi connectivity index (χ0) is 14.5. The summed E-state index contributed by atoms with van der Waals surface area (Å²) in [5.74, 6) is 0.0434. The molecule has 1 unspecified atom stereocenters. The number of nitrogens with one attached hydrogen (secondary N) is 2. The molecule has 1 amide bonds. The van der Waals surface area contributed by atoms with Crippen LogP contribution in [-0.4, -0.2) is 33.5 Å². The van der Waals surface area contributed by atoms with Crippen molar-refractivity contribution >= 4 is 11.6 Å². The summed E-state index contributed by atoms with van der Waals surface area (Å²) < 4.78 is 0. The molecule has 6 nitrogen and oxygen atoms in total. The van der Waals surface area contributed by atoms with E-state index in [1.54, 1.807) is 17.2 Å². The fourth-order valence-electron chi connectivity index (χ4n) is 2.51. The van der Waals surface area contributed by atoms with Crippen LogP contribution in [-0.2, 0) is 4.79 Å². The number of aromatic nitrogens is 3. The van der Waals surface area contributed by atoms with Crippen molar-refractivity contribution in [3.05, 3.63) is 36.7 Å². The SMILES string of the molecule is O=C(Nc1ccc(-n2nccn2)cc1)C1CCCCCN1. The maximum atomic E-state index is 12.2. The first kappa shape index (κ1) is 13.8. The van der Waals surface area contributed by atoms with E-state index in [1.807, 2.05) is 24.3 Å². The average Bonchev–Trinajstić information content (AvgIpc) is 2.90. The predicted octanol–water partition coefficient (Wildman–Crippen LogP) is 1.74. The molecule has 21 heavy (non-hydrogen) atoms. The van der Waals surface area contributed by atoms with Gasteiger partial charge >= 0.3 is 0 Å². The minimum atomic E-state index is -0.0834. The van der Waals surface area contributed by atoms with Crippen LogP contribution in [0, 0.1) is 0 Å². The summed E-state index contributed by atoms with van der Waals surface area (Å²) in [5, 5.41) is 14.4. The van der Waals surface area contributed by atoms with Crippen LogP contribution in [0.15, 0.2) is 36.7 Å². The van der Waals surface area contributed by atoms with Crippen LogP contribution in [0.5, 0.6) is 0 Å². The van der Waals surface area contributed by atoms with E-state index in [0.29, 0.717) is 0 Å². The van der Waals surface area contributed by atoms with Crippen LogP contribution < -0.4 is 10.6 Å². The van der Waals surface area contributed by atoms with Gasteiger partial charge in [0.1, 0.15) is 0 Å². The Bertz CT molecular complexity index is 571. The van der Waals surface area contributed by atoms with Gasteiger partial charge in [-0.1, -0.05) is 12.8 Å². The van der Waals surface area contributed by atoms with Crippen molar-refractivity contribution in [1.82, 2.24) is 20.3 Å². The Labute approximate surface area is 123 Å². The van der Waals surface area contributed by atoms with Crippen molar-refractivity contribution in [2.24, 2.45) is 0 Å². The van der Waals surface area contributed by atoms with Crippen molar-refractivity contribution in [3.63, 3.8) is 0 Å². The minimum Gasteiger partial charge on any atom is -0.325 e. The first-order valence-electron chi connectivity index (χ1n) is 7.34. The highest BCUT2D eigenvalue weighted by atomic mass is 16.2. The lowest BCUT2D eigenvalue weighted by atomic mass is 10.1. The second kappa shape index (κ2) is 6.49. The summed E-state index contributed by atoms with van der Waals surface area (Å²) in [5.41, 5.74) is 1.66. The maximum absolute atomic E-state index is 12.2. The zero-order valence-electron chi connectivity index (χ0n) is 11.8. The molecule has 0 spiro atoms. The Morgan fingerprint density at radius 1 is 1.14 bits per heavy atom. The highest BCUT2D eigenvalue weighted by molar-refractivity contribution is 5.94. The molecular weight excluding hydrogens is 266 g/mol. The fraction of sp³-hybridized carbons (Fsp3) is 0.400. The molecule has 1 fully saturated rings. The van der Waals surface area contributed by atoms with Gasteiger partial charge in [0.15, 0.2) is 0 Å². The monoisotopic (exact) mass is 285 g/mol. The molecule has 1 saturated heterocycles. The van der Waals surface area contributed by atoms with E-state index in [0.717, 1.165) is 37.2 Å². The summed E-state index contributed by atoms with van der Waals surface area (Å²) in [7, 11) is 0. The lowest BCUT2D eigenvalue weighted by Gasteiger charge is -2.15. The maximum Gasteiger partial charge on any atom is 0.241 e. The molecule has 6 heteroatoms. The number of carbonyl (C=O) groups excluding carboxylic acids is 1. The van der Waals surface area contributed by atoms with Gasteiger partial charge in [-0.25, -0.2) is 0 Å². The largest absolute Gasteiger partial charge is 0.325 e. The number of anilines is 1. The summed E-state index contributed by atoms with van der Waals surface area (Å²) in [4.78, 5) is 13.8. The van der Waals surface area contributed by atoms with Crippen molar-refractivity contribution in [2.45, 2.75) is 31.7 Å². The van der Waals surface area contributed by atoms with Gasteiger partial charge < -0.3 is 10.6 Å². The minimum absolute atomic E-state index is 0.0434. The van der Waals surface area contributed by atoms with E-state index in [9.17, 15) is 4.79 Å². The molecule has 110 valence electrons. The molecule has 2 heterocycles. The highest BCUT2D eigenvalue weighted by Gasteiger charge is 2.19. The molecule has 0 aliphatic carbocycles. The number of amides is 1. The molecule has 1 aliphatic rings. The highest BCUT2D eigenvalue weighted by Crippen LogP contribution is 2.14. The fourth-order valence-corrected chi connectivity index (χ4v) is 2.51. The van der Waals surface area contributed by atoms with E-state index < -0.39 is 0 Å². The van der Waals surface area contributed by atoms with E-state index in [-0.39, 0.29) is 11.9 Å². The van der Waals surface area contributed by atoms with E-state index in [4.69, 9.17) is 0 Å². The second-order valence-corrected chi connectivity index (χ2v) is 5.21. The number of hydrogen-bond donors (Lipinski definition) is 2. The summed E-state index contributed by atoms with van der Waals surface area (Å²) in [6, 6.07) is 7.42. The third kappa shape index (κ3) is 3.46. The van der Waals surface area contributed by atoms with Crippen molar-refractivity contribution in [2.75, 3.05) is 11.9 Å². The molecule has 2 aromatic rings. The van der Waals surface area contributed by atoms with E-state index in [2.05, 4.69) is 20.8 Å². The smallest absolute Gasteiger partial charge is 0.241 e. The predicted molar refractivity (Wildman–Crippen MR) is 80.2 cm³/mol. The van der Waals surface area contributed by atoms with E-state index in [1.165, 1.54) is 6.42 Å². The van der Waals surface area contributed by atoms with E-state index >= 15 is 0 Å². The Hall–Kier alpha value is -2.21. The number of rotatable bonds is 3. The quantitative estimate of drug-likeness (QED) is 0.901. The Kier molecular flexibility index (Phi) is 4.25. The lowest BCUT2D eigenvalue weighted by molar-refractivity contribution is -0.118. The molecule has 1 aromatic carbocycles. The third-order valence-corrected chi connectivity index (χ3v) is 3.66. The lowest BCUT2D eigenvalue weighted by Crippen LogP contribution is -2.39. The van der Waals surface area contributed by atoms with Gasteiger partial charge in [0.25, 0.3) is 0 Å². The van der Waals surface area contributed by atoms with Gasteiger partial charge in [0.05, 0.1) is 24.1 Å².